The van der Waals surface area contributed by atoms with Crippen LogP contribution in [0.5, 0.6) is 0 Å². The van der Waals surface area contributed by atoms with E-state index in [1.54, 1.807) is 7.11 Å². The lowest BCUT2D eigenvalue weighted by Gasteiger charge is -2.33. The lowest BCUT2D eigenvalue weighted by atomic mass is 9.96. The quantitative estimate of drug-likeness (QED) is 0.774. The molecule has 20 heavy (non-hydrogen) atoms. The lowest BCUT2D eigenvalue weighted by molar-refractivity contribution is -0.162. The van der Waals surface area contributed by atoms with E-state index in [0.29, 0.717) is 0 Å². The summed E-state index contributed by atoms with van der Waals surface area (Å²) in [4.78, 5) is 0. The molecule has 1 aromatic carbocycles. The van der Waals surface area contributed by atoms with Crippen LogP contribution in [0.4, 0.5) is 0 Å². The normalized spacial score (nSPS) is 25.9. The van der Waals surface area contributed by atoms with Gasteiger partial charge in [-0.2, -0.15) is 0 Å². The van der Waals surface area contributed by atoms with Crippen LogP contribution in [0.25, 0.3) is 0 Å². The predicted octanol–water partition coefficient (Wildman–Crippen LogP) is 4.18. The molecule has 1 aliphatic heterocycles. The fourth-order valence-corrected chi connectivity index (χ4v) is 4.13. The van der Waals surface area contributed by atoms with Gasteiger partial charge in [-0.05, 0) is 17.6 Å². The Morgan fingerprint density at radius 2 is 1.95 bits per heavy atom. The van der Waals surface area contributed by atoms with Gasteiger partial charge in [0.2, 0.25) is 0 Å². The number of hydrogen-bond donors (Lipinski definition) is 0. The summed E-state index contributed by atoms with van der Waals surface area (Å²) in [6.45, 7) is 7.13. The van der Waals surface area contributed by atoms with Gasteiger partial charge >= 0.3 is 0 Å². The highest BCUT2D eigenvalue weighted by atomic mass is 28.3. The van der Waals surface area contributed by atoms with Gasteiger partial charge < -0.3 is 9.47 Å². The van der Waals surface area contributed by atoms with Gasteiger partial charge in [0.25, 0.3) is 0 Å². The van der Waals surface area contributed by atoms with Crippen LogP contribution in [-0.4, -0.2) is 27.6 Å². The number of ether oxygens (including phenoxy) is 2. The minimum absolute atomic E-state index is 0.0532. The Labute approximate surface area is 123 Å². The van der Waals surface area contributed by atoms with Gasteiger partial charge in [-0.25, -0.2) is 0 Å². The molecule has 0 amide bonds. The molecular formula is C17H26O2Si. The number of rotatable bonds is 4. The van der Waals surface area contributed by atoms with Gasteiger partial charge in [-0.1, -0.05) is 55.7 Å². The highest BCUT2D eigenvalue weighted by molar-refractivity contribution is 6.81. The van der Waals surface area contributed by atoms with E-state index in [9.17, 15) is 0 Å². The molecule has 0 bridgehead atoms. The Balaban J connectivity index is 2.16. The molecule has 1 unspecified atom stereocenters. The van der Waals surface area contributed by atoms with E-state index in [2.05, 4.69) is 55.7 Å². The Bertz CT molecular complexity index is 448. The average Bonchev–Trinajstić information content (AvgIpc) is 2.40. The molecule has 3 heteroatoms. The molecule has 2 rings (SSSR count). The first-order valence-electron chi connectivity index (χ1n) is 7.42. The van der Waals surface area contributed by atoms with Crippen LogP contribution in [-0.2, 0) is 15.9 Å². The summed E-state index contributed by atoms with van der Waals surface area (Å²) in [7, 11) is 0.515. The van der Waals surface area contributed by atoms with E-state index in [4.69, 9.17) is 9.47 Å². The molecule has 1 aromatic rings. The van der Waals surface area contributed by atoms with Crippen LogP contribution < -0.4 is 0 Å². The van der Waals surface area contributed by atoms with Crippen LogP contribution in [0, 0.1) is 0 Å². The highest BCUT2D eigenvalue weighted by Crippen LogP contribution is 2.29. The fraction of sp³-hybridized carbons (Fsp3) is 0.529. The first-order valence-corrected chi connectivity index (χ1v) is 11.0. The molecule has 1 fully saturated rings. The van der Waals surface area contributed by atoms with Gasteiger partial charge in [-0.3, -0.25) is 0 Å². The first-order chi connectivity index (χ1) is 9.48. The zero-order valence-corrected chi connectivity index (χ0v) is 14.1. The molecular weight excluding hydrogens is 264 g/mol. The van der Waals surface area contributed by atoms with E-state index in [0.717, 1.165) is 19.3 Å². The molecule has 0 radical (unpaired) electrons. The Morgan fingerprint density at radius 3 is 2.55 bits per heavy atom. The summed E-state index contributed by atoms with van der Waals surface area (Å²) in [5.74, 6) is 0. The number of hydrogen-bond acceptors (Lipinski definition) is 2. The molecule has 0 saturated carbocycles. The van der Waals surface area contributed by atoms with Crippen molar-refractivity contribution in [3.8, 4) is 0 Å². The molecule has 0 aliphatic carbocycles. The van der Waals surface area contributed by atoms with Gasteiger partial charge in [0, 0.05) is 20.0 Å². The molecule has 1 aliphatic rings. The molecule has 1 heterocycles. The molecule has 2 atom stereocenters. The maximum Gasteiger partial charge on any atom is 0.158 e. The van der Waals surface area contributed by atoms with Gasteiger partial charge in [0.15, 0.2) is 6.29 Å². The maximum absolute atomic E-state index is 6.13. The standard InChI is InChI=1S/C17H26O2Si/c1-18-17-11-10-15(13-20(2,3)4)16(19-17)12-14-8-6-5-7-9-14/h5-9,13,16-17H,10-12H2,1-4H3/b15-13-/t16-,17?/m0/s1. The molecule has 110 valence electrons. The number of methoxy groups -OCH3 is 1. The molecule has 2 nitrogen and oxygen atoms in total. The molecule has 1 saturated heterocycles. The average molecular weight is 290 g/mol. The summed E-state index contributed by atoms with van der Waals surface area (Å²) in [6, 6.07) is 10.6. The van der Waals surface area contributed by atoms with E-state index in [-0.39, 0.29) is 12.4 Å². The van der Waals surface area contributed by atoms with Crippen molar-refractivity contribution in [2.45, 2.75) is 51.3 Å². The lowest BCUT2D eigenvalue weighted by Crippen LogP contribution is -2.34. The Kier molecular flexibility index (Phi) is 5.19. The minimum atomic E-state index is -1.22. The second kappa shape index (κ2) is 6.70. The zero-order valence-electron chi connectivity index (χ0n) is 13.1. The smallest absolute Gasteiger partial charge is 0.158 e. The SMILES string of the molecule is COC1CC/C(=C/[Si](C)(C)C)[C@H](Cc2ccccc2)O1. The second-order valence-corrected chi connectivity index (χ2v) is 11.6. The van der Waals surface area contributed by atoms with Crippen molar-refractivity contribution in [3.05, 3.63) is 47.2 Å². The summed E-state index contributed by atoms with van der Waals surface area (Å²) in [5, 5.41) is 0. The van der Waals surface area contributed by atoms with Crippen molar-refractivity contribution in [2.24, 2.45) is 0 Å². The van der Waals surface area contributed by atoms with Crippen molar-refractivity contribution < 1.29 is 9.47 Å². The van der Waals surface area contributed by atoms with Crippen molar-refractivity contribution >= 4 is 8.07 Å². The van der Waals surface area contributed by atoms with Crippen molar-refractivity contribution in [3.63, 3.8) is 0 Å². The Morgan fingerprint density at radius 1 is 1.25 bits per heavy atom. The predicted molar refractivity (Wildman–Crippen MR) is 86.5 cm³/mol. The third kappa shape index (κ3) is 4.58. The Hall–Kier alpha value is -0.903. The third-order valence-electron chi connectivity index (χ3n) is 3.54. The minimum Gasteiger partial charge on any atom is -0.356 e. The van der Waals surface area contributed by atoms with Crippen LogP contribution in [0.15, 0.2) is 41.6 Å². The van der Waals surface area contributed by atoms with E-state index >= 15 is 0 Å². The first kappa shape index (κ1) is 15.5. The summed E-state index contributed by atoms with van der Waals surface area (Å²) < 4.78 is 11.5. The van der Waals surface area contributed by atoms with Crippen LogP contribution in [0.3, 0.4) is 0 Å². The molecule has 0 N–H and O–H groups in total. The molecule has 0 spiro atoms. The topological polar surface area (TPSA) is 18.5 Å². The number of benzene rings is 1. The van der Waals surface area contributed by atoms with Crippen molar-refractivity contribution in [2.75, 3.05) is 7.11 Å². The van der Waals surface area contributed by atoms with Crippen LogP contribution >= 0.6 is 0 Å². The van der Waals surface area contributed by atoms with Crippen LogP contribution in [0.1, 0.15) is 18.4 Å². The zero-order chi connectivity index (χ0) is 14.6. The van der Waals surface area contributed by atoms with E-state index < -0.39 is 8.07 Å². The molecule has 0 aromatic heterocycles. The van der Waals surface area contributed by atoms with Gasteiger partial charge in [0.1, 0.15) is 0 Å². The van der Waals surface area contributed by atoms with Gasteiger partial charge in [0.05, 0.1) is 14.2 Å². The van der Waals surface area contributed by atoms with E-state index in [1.165, 1.54) is 11.1 Å². The summed E-state index contributed by atoms with van der Waals surface area (Å²) in [6.07, 6.45) is 3.13. The maximum atomic E-state index is 6.13. The van der Waals surface area contributed by atoms with Gasteiger partial charge in [-0.15, -0.1) is 0 Å². The van der Waals surface area contributed by atoms with Crippen LogP contribution in [0.2, 0.25) is 19.6 Å². The largest absolute Gasteiger partial charge is 0.356 e. The fourth-order valence-electron chi connectivity index (χ4n) is 2.69. The highest BCUT2D eigenvalue weighted by Gasteiger charge is 2.28. The van der Waals surface area contributed by atoms with E-state index in [1.807, 2.05) is 0 Å². The third-order valence-corrected chi connectivity index (χ3v) is 4.78. The monoisotopic (exact) mass is 290 g/mol. The summed E-state index contributed by atoms with van der Waals surface area (Å²) >= 11 is 0. The van der Waals surface area contributed by atoms with Crippen molar-refractivity contribution in [1.29, 1.82) is 0 Å². The summed E-state index contributed by atoms with van der Waals surface area (Å²) in [5.41, 5.74) is 5.31. The van der Waals surface area contributed by atoms with Crippen molar-refractivity contribution in [1.82, 2.24) is 0 Å². The second-order valence-electron chi connectivity index (χ2n) is 6.60.